The number of hydrogen-bond acceptors (Lipinski definition) is 7. The van der Waals surface area contributed by atoms with Crippen molar-refractivity contribution >= 4 is 16.9 Å². The van der Waals surface area contributed by atoms with Crippen LogP contribution in [0.25, 0.3) is 22.6 Å². The summed E-state index contributed by atoms with van der Waals surface area (Å²) in [7, 11) is 1.75. The maximum absolute atomic E-state index is 10.7. The second kappa shape index (κ2) is 6.03. The Bertz CT molecular complexity index is 854. The summed E-state index contributed by atoms with van der Waals surface area (Å²) in [5.41, 5.74) is 0.570. The van der Waals surface area contributed by atoms with Gasteiger partial charge in [0, 0.05) is 7.05 Å². The molecule has 9 nitrogen and oxygen atoms in total. The van der Waals surface area contributed by atoms with Crippen molar-refractivity contribution in [3.63, 3.8) is 0 Å². The van der Waals surface area contributed by atoms with Gasteiger partial charge in [-0.15, -0.1) is 0 Å². The van der Waals surface area contributed by atoms with Gasteiger partial charge in [0.2, 0.25) is 11.7 Å². The lowest BCUT2D eigenvalue weighted by Gasteiger charge is -2.07. The maximum Gasteiger partial charge on any atom is 0.433 e. The van der Waals surface area contributed by atoms with Crippen LogP contribution in [0.1, 0.15) is 19.8 Å². The predicted molar refractivity (Wildman–Crippen MR) is 81.1 cm³/mol. The Balaban J connectivity index is 2.05. The largest absolute Gasteiger partial charge is 0.477 e. The van der Waals surface area contributed by atoms with Gasteiger partial charge < -0.3 is 9.15 Å². The Hall–Kier alpha value is -2.97. The Morgan fingerprint density at radius 2 is 2.22 bits per heavy atom. The minimum absolute atomic E-state index is 0.208. The fraction of sp³-hybridized carbons (Fsp3) is 0.357. The molecule has 3 aromatic rings. The van der Waals surface area contributed by atoms with Crippen LogP contribution < -0.4 is 4.74 Å². The molecule has 0 fully saturated rings. The van der Waals surface area contributed by atoms with E-state index in [0.29, 0.717) is 23.5 Å². The van der Waals surface area contributed by atoms with Crippen molar-refractivity contribution in [1.29, 1.82) is 0 Å². The van der Waals surface area contributed by atoms with E-state index in [0.717, 1.165) is 12.8 Å². The highest BCUT2D eigenvalue weighted by molar-refractivity contribution is 5.81. The standard InChI is InChI=1S/C14H15N5O4/c1-3-4-7-22-14-9-8-15-18(2)13(9)16-12(17-14)10-5-6-11(23-10)19(20)21/h5-6,8H,3-4,7H2,1-2H3. The number of rotatable bonds is 6. The van der Waals surface area contributed by atoms with Crippen LogP contribution in [-0.4, -0.2) is 31.3 Å². The van der Waals surface area contributed by atoms with E-state index in [1.165, 1.54) is 12.1 Å². The van der Waals surface area contributed by atoms with Crippen LogP contribution in [0.2, 0.25) is 0 Å². The Morgan fingerprint density at radius 1 is 1.39 bits per heavy atom. The van der Waals surface area contributed by atoms with Gasteiger partial charge in [0.15, 0.2) is 11.4 Å². The van der Waals surface area contributed by atoms with E-state index < -0.39 is 4.92 Å². The first-order valence-electron chi connectivity index (χ1n) is 7.17. The average Bonchev–Trinajstić information content (AvgIpc) is 3.15. The summed E-state index contributed by atoms with van der Waals surface area (Å²) in [5, 5.41) is 15.6. The second-order valence-corrected chi connectivity index (χ2v) is 4.95. The van der Waals surface area contributed by atoms with E-state index in [9.17, 15) is 10.1 Å². The summed E-state index contributed by atoms with van der Waals surface area (Å²) in [6.07, 6.45) is 3.52. The van der Waals surface area contributed by atoms with E-state index >= 15 is 0 Å². The van der Waals surface area contributed by atoms with Gasteiger partial charge in [-0.2, -0.15) is 10.1 Å². The fourth-order valence-corrected chi connectivity index (χ4v) is 2.08. The predicted octanol–water partition coefficient (Wildman–Crippen LogP) is 2.71. The molecule has 0 unspecified atom stereocenters. The first-order chi connectivity index (χ1) is 11.1. The van der Waals surface area contributed by atoms with E-state index in [2.05, 4.69) is 22.0 Å². The normalized spacial score (nSPS) is 11.0. The van der Waals surface area contributed by atoms with Crippen LogP contribution in [0.5, 0.6) is 5.88 Å². The molecule has 0 aromatic carbocycles. The number of hydrogen-bond donors (Lipinski definition) is 0. The molecule has 3 heterocycles. The third-order valence-electron chi connectivity index (χ3n) is 3.29. The van der Waals surface area contributed by atoms with Crippen molar-refractivity contribution in [3.05, 3.63) is 28.4 Å². The lowest BCUT2D eigenvalue weighted by atomic mass is 10.3. The summed E-state index contributed by atoms with van der Waals surface area (Å²) in [6.45, 7) is 2.59. The van der Waals surface area contributed by atoms with E-state index in [-0.39, 0.29) is 17.5 Å². The number of aryl methyl sites for hydroxylation is 1. The third kappa shape index (κ3) is 2.85. The molecule has 120 valence electrons. The molecule has 23 heavy (non-hydrogen) atoms. The second-order valence-electron chi connectivity index (χ2n) is 4.95. The molecule has 9 heteroatoms. The molecule has 0 aliphatic carbocycles. The lowest BCUT2D eigenvalue weighted by molar-refractivity contribution is -0.401. The Labute approximate surface area is 131 Å². The van der Waals surface area contributed by atoms with Crippen molar-refractivity contribution < 1.29 is 14.1 Å². The van der Waals surface area contributed by atoms with Gasteiger partial charge >= 0.3 is 5.88 Å². The number of fused-ring (bicyclic) bond motifs is 1. The van der Waals surface area contributed by atoms with Crippen molar-refractivity contribution in [1.82, 2.24) is 19.7 Å². The van der Waals surface area contributed by atoms with Gasteiger partial charge in [-0.25, -0.2) is 4.98 Å². The molecular weight excluding hydrogens is 302 g/mol. The highest BCUT2D eigenvalue weighted by Crippen LogP contribution is 2.29. The molecule has 3 rings (SSSR count). The quantitative estimate of drug-likeness (QED) is 0.390. The molecule has 0 spiro atoms. The molecule has 0 saturated carbocycles. The summed E-state index contributed by atoms with van der Waals surface area (Å²) >= 11 is 0. The Kier molecular flexibility index (Phi) is 3.92. The van der Waals surface area contributed by atoms with Gasteiger partial charge in [-0.05, 0) is 12.5 Å². The first kappa shape index (κ1) is 14.9. The Morgan fingerprint density at radius 3 is 2.91 bits per heavy atom. The van der Waals surface area contributed by atoms with Crippen molar-refractivity contribution in [3.8, 4) is 17.5 Å². The molecule has 0 amide bonds. The molecule has 0 N–H and O–H groups in total. The van der Waals surface area contributed by atoms with Crippen LogP contribution in [0, 0.1) is 10.1 Å². The molecular formula is C14H15N5O4. The van der Waals surface area contributed by atoms with Crippen LogP contribution in [0.15, 0.2) is 22.7 Å². The summed E-state index contributed by atoms with van der Waals surface area (Å²) < 4.78 is 12.5. The molecule has 0 saturated heterocycles. The third-order valence-corrected chi connectivity index (χ3v) is 3.29. The van der Waals surface area contributed by atoms with Crippen LogP contribution in [-0.2, 0) is 7.05 Å². The summed E-state index contributed by atoms with van der Waals surface area (Å²) in [4.78, 5) is 18.8. The van der Waals surface area contributed by atoms with Crippen LogP contribution in [0.4, 0.5) is 5.88 Å². The zero-order chi connectivity index (χ0) is 16.4. The van der Waals surface area contributed by atoms with Crippen LogP contribution >= 0.6 is 0 Å². The highest BCUT2D eigenvalue weighted by atomic mass is 16.6. The van der Waals surface area contributed by atoms with Crippen LogP contribution in [0.3, 0.4) is 0 Å². The van der Waals surface area contributed by atoms with Gasteiger partial charge in [0.1, 0.15) is 10.3 Å². The SMILES string of the molecule is CCCCOc1nc(-c2ccc([N+](=O)[O-])o2)nc2c1cnn2C. The zero-order valence-electron chi connectivity index (χ0n) is 12.7. The van der Waals surface area contributed by atoms with Gasteiger partial charge in [-0.3, -0.25) is 14.8 Å². The van der Waals surface area contributed by atoms with E-state index in [1.807, 2.05) is 0 Å². The monoisotopic (exact) mass is 317 g/mol. The van der Waals surface area contributed by atoms with E-state index in [1.54, 1.807) is 17.9 Å². The molecule has 0 aliphatic heterocycles. The molecule has 0 radical (unpaired) electrons. The van der Waals surface area contributed by atoms with Crippen molar-refractivity contribution in [2.24, 2.45) is 7.05 Å². The van der Waals surface area contributed by atoms with Gasteiger partial charge in [-0.1, -0.05) is 13.3 Å². The summed E-state index contributed by atoms with van der Waals surface area (Å²) in [6, 6.07) is 2.73. The van der Waals surface area contributed by atoms with E-state index in [4.69, 9.17) is 9.15 Å². The average molecular weight is 317 g/mol. The summed E-state index contributed by atoms with van der Waals surface area (Å²) in [5.74, 6) is 0.466. The number of unbranched alkanes of at least 4 members (excludes halogenated alkanes) is 1. The fourth-order valence-electron chi connectivity index (χ4n) is 2.08. The zero-order valence-corrected chi connectivity index (χ0v) is 12.7. The highest BCUT2D eigenvalue weighted by Gasteiger charge is 2.19. The number of nitro groups is 1. The molecule has 0 atom stereocenters. The minimum atomic E-state index is -0.606. The molecule has 0 bridgehead atoms. The number of aromatic nitrogens is 4. The van der Waals surface area contributed by atoms with Crippen molar-refractivity contribution in [2.75, 3.05) is 6.61 Å². The number of nitrogens with zero attached hydrogens (tertiary/aromatic N) is 5. The topological polar surface area (TPSA) is 109 Å². The number of furan rings is 1. The number of ether oxygens (including phenoxy) is 1. The van der Waals surface area contributed by atoms with Gasteiger partial charge in [0.25, 0.3) is 0 Å². The maximum atomic E-state index is 10.7. The van der Waals surface area contributed by atoms with Crippen molar-refractivity contribution in [2.45, 2.75) is 19.8 Å². The molecule has 0 aliphatic rings. The first-order valence-corrected chi connectivity index (χ1v) is 7.17. The van der Waals surface area contributed by atoms with Gasteiger partial charge in [0.05, 0.1) is 18.9 Å². The lowest BCUT2D eigenvalue weighted by Crippen LogP contribution is -2.02. The minimum Gasteiger partial charge on any atom is -0.477 e. The smallest absolute Gasteiger partial charge is 0.433 e. The molecule has 3 aromatic heterocycles.